The summed E-state index contributed by atoms with van der Waals surface area (Å²) in [6, 6.07) is 25.7. The third-order valence-electron chi connectivity index (χ3n) is 7.91. The number of likely N-dealkylation sites (tertiary alicyclic amines) is 1. The van der Waals surface area contributed by atoms with Gasteiger partial charge in [-0.3, -0.25) is 4.79 Å². The number of amides is 1. The van der Waals surface area contributed by atoms with E-state index in [2.05, 4.69) is 10.2 Å². The van der Waals surface area contributed by atoms with Crippen molar-refractivity contribution in [2.45, 2.75) is 31.1 Å². The summed E-state index contributed by atoms with van der Waals surface area (Å²) in [6.07, 6.45) is -8.08. The molecule has 5 aromatic rings. The zero-order chi connectivity index (χ0) is 37.5. The number of carbonyl (C=O) groups is 2. The van der Waals surface area contributed by atoms with Gasteiger partial charge in [0.25, 0.3) is 5.91 Å². The van der Waals surface area contributed by atoms with E-state index in [-0.39, 0.29) is 28.7 Å². The second-order valence-electron chi connectivity index (χ2n) is 11.5. The van der Waals surface area contributed by atoms with Crippen LogP contribution in [0.1, 0.15) is 56.3 Å². The lowest BCUT2D eigenvalue weighted by Gasteiger charge is -2.31. The SMILES string of the molecule is Nc1ccc(C2CCN(C(=O)c3ccc(Oc4ccccc4)c(C(F)(F)F)c3)CC2)nn1.O=C(O)c1ccc(Oc2ccccc2)c(C(F)(F)F)c1. The van der Waals surface area contributed by atoms with Gasteiger partial charge in [0.1, 0.15) is 28.8 Å². The van der Waals surface area contributed by atoms with Crippen LogP contribution in [0.3, 0.4) is 0 Å². The minimum absolute atomic E-state index is 0.0246. The van der Waals surface area contributed by atoms with E-state index in [0.29, 0.717) is 37.8 Å². The molecule has 6 rings (SSSR count). The van der Waals surface area contributed by atoms with Gasteiger partial charge in [0.05, 0.1) is 22.4 Å². The first-order valence-corrected chi connectivity index (χ1v) is 15.7. The molecular formula is C37H30F6N4O5. The lowest BCUT2D eigenvalue weighted by Crippen LogP contribution is -2.38. The lowest BCUT2D eigenvalue weighted by atomic mass is 9.93. The van der Waals surface area contributed by atoms with E-state index < -0.39 is 46.7 Å². The van der Waals surface area contributed by atoms with Gasteiger partial charge in [-0.1, -0.05) is 36.4 Å². The molecule has 0 saturated carbocycles. The molecule has 0 radical (unpaired) electrons. The number of ether oxygens (including phenoxy) is 2. The van der Waals surface area contributed by atoms with Gasteiger partial charge in [-0.25, -0.2) is 4.79 Å². The highest BCUT2D eigenvalue weighted by Crippen LogP contribution is 2.40. The number of carbonyl (C=O) groups excluding carboxylic acids is 1. The van der Waals surface area contributed by atoms with Crippen LogP contribution in [0.15, 0.2) is 109 Å². The highest BCUT2D eigenvalue weighted by Gasteiger charge is 2.37. The number of nitrogen functional groups attached to an aromatic ring is 1. The Morgan fingerprint density at radius 3 is 1.60 bits per heavy atom. The number of nitrogens with zero attached hydrogens (tertiary/aromatic N) is 3. The number of carboxylic acids is 1. The molecule has 0 spiro atoms. The monoisotopic (exact) mass is 724 g/mol. The Kier molecular flexibility index (Phi) is 11.3. The first kappa shape index (κ1) is 37.1. The summed E-state index contributed by atoms with van der Waals surface area (Å²) in [6.45, 7) is 0.832. The fraction of sp³-hybridized carbons (Fsp3) is 0.189. The van der Waals surface area contributed by atoms with Crippen LogP contribution in [0.25, 0.3) is 0 Å². The van der Waals surface area contributed by atoms with Gasteiger partial charge in [-0.2, -0.15) is 31.4 Å². The molecule has 0 aliphatic carbocycles. The number of alkyl halides is 6. The van der Waals surface area contributed by atoms with Crippen molar-refractivity contribution in [2.24, 2.45) is 0 Å². The molecule has 1 aliphatic heterocycles. The average Bonchev–Trinajstić information content (AvgIpc) is 3.12. The van der Waals surface area contributed by atoms with E-state index in [1.54, 1.807) is 59.5 Å². The Morgan fingerprint density at radius 2 is 1.15 bits per heavy atom. The zero-order valence-electron chi connectivity index (χ0n) is 27.1. The van der Waals surface area contributed by atoms with Gasteiger partial charge >= 0.3 is 18.3 Å². The van der Waals surface area contributed by atoms with Crippen molar-refractivity contribution >= 4 is 17.7 Å². The summed E-state index contributed by atoms with van der Waals surface area (Å²) >= 11 is 0. The van der Waals surface area contributed by atoms with E-state index >= 15 is 0 Å². The van der Waals surface area contributed by atoms with Crippen LogP contribution in [0, 0.1) is 0 Å². The Labute approximate surface area is 293 Å². The van der Waals surface area contributed by atoms with E-state index in [4.69, 9.17) is 20.3 Å². The smallest absolute Gasteiger partial charge is 0.420 e. The molecule has 3 N–H and O–H groups in total. The molecule has 0 unspecified atom stereocenters. The number of anilines is 1. The van der Waals surface area contributed by atoms with Crippen molar-refractivity contribution in [3.8, 4) is 23.0 Å². The van der Waals surface area contributed by atoms with Crippen molar-refractivity contribution in [1.29, 1.82) is 0 Å². The number of rotatable bonds is 7. The molecular weight excluding hydrogens is 694 g/mol. The number of para-hydroxylation sites is 2. The molecule has 1 amide bonds. The van der Waals surface area contributed by atoms with Crippen LogP contribution in [0.4, 0.5) is 32.2 Å². The number of aromatic nitrogens is 2. The number of benzene rings is 4. The Morgan fingerprint density at radius 1 is 0.673 bits per heavy atom. The maximum Gasteiger partial charge on any atom is 0.420 e. The predicted octanol–water partition coefficient (Wildman–Crippen LogP) is 9.09. The summed E-state index contributed by atoms with van der Waals surface area (Å²) in [7, 11) is 0. The molecule has 0 bridgehead atoms. The third-order valence-corrected chi connectivity index (χ3v) is 7.91. The van der Waals surface area contributed by atoms with E-state index in [9.17, 15) is 35.9 Å². The summed E-state index contributed by atoms with van der Waals surface area (Å²) in [5.41, 5.74) is 3.78. The maximum atomic E-state index is 13.7. The van der Waals surface area contributed by atoms with Crippen molar-refractivity contribution in [3.05, 3.63) is 137 Å². The second-order valence-corrected chi connectivity index (χ2v) is 11.5. The molecule has 4 aromatic carbocycles. The Bertz CT molecular complexity index is 1990. The van der Waals surface area contributed by atoms with Crippen LogP contribution in [0.2, 0.25) is 0 Å². The van der Waals surface area contributed by atoms with Crippen LogP contribution >= 0.6 is 0 Å². The van der Waals surface area contributed by atoms with Gasteiger partial charge in [-0.15, -0.1) is 5.10 Å². The topological polar surface area (TPSA) is 128 Å². The first-order valence-electron chi connectivity index (χ1n) is 15.7. The Hall–Kier alpha value is -6.12. The van der Waals surface area contributed by atoms with E-state index in [0.717, 1.165) is 23.9 Å². The van der Waals surface area contributed by atoms with Gasteiger partial charge < -0.3 is 25.2 Å². The largest absolute Gasteiger partial charge is 0.478 e. The predicted molar refractivity (Wildman–Crippen MR) is 177 cm³/mol. The molecule has 9 nitrogen and oxygen atoms in total. The van der Waals surface area contributed by atoms with Gasteiger partial charge in [0.2, 0.25) is 0 Å². The number of hydrogen-bond donors (Lipinski definition) is 2. The normalized spacial score (nSPS) is 13.5. The standard InChI is InChI=1S/C23H21F3N4O2.C14H9F3O3/c24-23(25,26)18-14-16(6-8-20(18)32-17-4-2-1-3-5-17)22(31)30-12-10-15(11-13-30)19-7-9-21(27)29-28-19;15-14(16,17)11-8-9(13(18)19)6-7-12(11)20-10-4-2-1-3-5-10/h1-9,14-15H,10-13H2,(H2,27,29);1-8H,(H,18,19). The van der Waals surface area contributed by atoms with Crippen LogP contribution in [-0.4, -0.2) is 45.2 Å². The summed E-state index contributed by atoms with van der Waals surface area (Å²) < 4.78 is 90.4. The molecule has 1 saturated heterocycles. The molecule has 1 fully saturated rings. The molecule has 15 heteroatoms. The summed E-state index contributed by atoms with van der Waals surface area (Å²) in [4.78, 5) is 25.2. The maximum absolute atomic E-state index is 13.7. The van der Waals surface area contributed by atoms with Gasteiger partial charge in [0.15, 0.2) is 0 Å². The molecule has 1 aromatic heterocycles. The molecule has 1 aliphatic rings. The van der Waals surface area contributed by atoms with Crippen molar-refractivity contribution < 1.29 is 50.5 Å². The van der Waals surface area contributed by atoms with Crippen molar-refractivity contribution in [1.82, 2.24) is 15.1 Å². The highest BCUT2D eigenvalue weighted by atomic mass is 19.4. The van der Waals surface area contributed by atoms with E-state index in [1.807, 2.05) is 6.07 Å². The second kappa shape index (κ2) is 15.8. The zero-order valence-corrected chi connectivity index (χ0v) is 27.1. The fourth-order valence-corrected chi connectivity index (χ4v) is 5.31. The van der Waals surface area contributed by atoms with Gasteiger partial charge in [0, 0.05) is 24.6 Å². The van der Waals surface area contributed by atoms with Crippen molar-refractivity contribution in [3.63, 3.8) is 0 Å². The number of carboxylic acid groups (broad SMARTS) is 1. The first-order chi connectivity index (χ1) is 24.7. The van der Waals surface area contributed by atoms with Crippen LogP contribution in [0.5, 0.6) is 23.0 Å². The number of nitrogens with two attached hydrogens (primary N) is 1. The van der Waals surface area contributed by atoms with Crippen LogP contribution < -0.4 is 15.2 Å². The fourth-order valence-electron chi connectivity index (χ4n) is 5.31. The molecule has 0 atom stereocenters. The average molecular weight is 725 g/mol. The van der Waals surface area contributed by atoms with Crippen LogP contribution in [-0.2, 0) is 12.4 Å². The van der Waals surface area contributed by atoms with Gasteiger partial charge in [-0.05, 0) is 85.6 Å². The highest BCUT2D eigenvalue weighted by molar-refractivity contribution is 5.94. The third kappa shape index (κ3) is 9.56. The number of halogens is 6. The molecule has 270 valence electrons. The minimum Gasteiger partial charge on any atom is -0.478 e. The quantitative estimate of drug-likeness (QED) is 0.159. The van der Waals surface area contributed by atoms with Crippen molar-refractivity contribution in [2.75, 3.05) is 18.8 Å². The number of aromatic carboxylic acids is 1. The Balaban J connectivity index is 0.000000225. The number of piperidine rings is 1. The number of hydrogen-bond acceptors (Lipinski definition) is 7. The van der Waals surface area contributed by atoms with E-state index in [1.165, 1.54) is 24.3 Å². The summed E-state index contributed by atoms with van der Waals surface area (Å²) in [5.74, 6) is -1.67. The minimum atomic E-state index is -4.70. The summed E-state index contributed by atoms with van der Waals surface area (Å²) in [5, 5.41) is 16.7. The molecule has 52 heavy (non-hydrogen) atoms. The lowest BCUT2D eigenvalue weighted by molar-refractivity contribution is -0.139. The molecule has 2 heterocycles.